The number of hydrogen-bond acceptors (Lipinski definition) is 4. The Morgan fingerprint density at radius 3 is 3.05 bits per heavy atom. The van der Waals surface area contributed by atoms with Crippen molar-refractivity contribution in [3.05, 3.63) is 30.1 Å². The fraction of sp³-hybridized carbons (Fsp3) is 0.462. The molecule has 0 aliphatic carbocycles. The number of aromatic nitrogens is 1. The minimum Gasteiger partial charge on any atom is -0.481 e. The quantitative estimate of drug-likeness (QED) is 0.812. The Labute approximate surface area is 110 Å². The Hall–Kier alpha value is -1.95. The van der Waals surface area contributed by atoms with Crippen LogP contribution in [0.25, 0.3) is 0 Å². The molecule has 6 heteroatoms. The van der Waals surface area contributed by atoms with Crippen molar-refractivity contribution in [3.8, 4) is 0 Å². The maximum atomic E-state index is 11.9. The predicted octanol–water partition coefficient (Wildman–Crippen LogP) is 0.230. The SMILES string of the molecule is CC1(C(=O)O)COCC1NC(=O)Cc1cccnc1. The molecule has 102 valence electrons. The van der Waals surface area contributed by atoms with Crippen LogP contribution in [0, 0.1) is 5.41 Å². The third kappa shape index (κ3) is 2.90. The highest BCUT2D eigenvalue weighted by Gasteiger charge is 2.47. The van der Waals surface area contributed by atoms with E-state index in [4.69, 9.17) is 4.74 Å². The molecular formula is C13H16N2O4. The van der Waals surface area contributed by atoms with E-state index in [-0.39, 0.29) is 25.5 Å². The Morgan fingerprint density at radius 1 is 1.63 bits per heavy atom. The molecule has 1 aliphatic heterocycles. The number of carboxylic acids is 1. The van der Waals surface area contributed by atoms with Crippen molar-refractivity contribution in [1.29, 1.82) is 0 Å². The Balaban J connectivity index is 1.97. The van der Waals surface area contributed by atoms with Crippen LogP contribution in [0.1, 0.15) is 12.5 Å². The van der Waals surface area contributed by atoms with Gasteiger partial charge in [0.15, 0.2) is 0 Å². The number of amides is 1. The second-order valence-corrected chi connectivity index (χ2v) is 4.90. The summed E-state index contributed by atoms with van der Waals surface area (Å²) in [4.78, 5) is 27.1. The van der Waals surface area contributed by atoms with Crippen molar-refractivity contribution in [2.45, 2.75) is 19.4 Å². The molecule has 1 saturated heterocycles. The number of carboxylic acid groups (broad SMARTS) is 1. The fourth-order valence-electron chi connectivity index (χ4n) is 2.02. The largest absolute Gasteiger partial charge is 0.481 e. The van der Waals surface area contributed by atoms with Crippen molar-refractivity contribution in [3.63, 3.8) is 0 Å². The molecule has 6 nitrogen and oxygen atoms in total. The van der Waals surface area contributed by atoms with Crippen LogP contribution >= 0.6 is 0 Å². The fourth-order valence-corrected chi connectivity index (χ4v) is 2.02. The predicted molar refractivity (Wildman–Crippen MR) is 66.4 cm³/mol. The first-order chi connectivity index (χ1) is 9.02. The first-order valence-electron chi connectivity index (χ1n) is 6.02. The zero-order valence-corrected chi connectivity index (χ0v) is 10.6. The van der Waals surface area contributed by atoms with Crippen molar-refractivity contribution < 1.29 is 19.4 Å². The molecule has 0 aromatic carbocycles. The van der Waals surface area contributed by atoms with Gasteiger partial charge in [0.05, 0.1) is 25.7 Å². The van der Waals surface area contributed by atoms with E-state index < -0.39 is 17.4 Å². The van der Waals surface area contributed by atoms with Gasteiger partial charge in [0.2, 0.25) is 5.91 Å². The van der Waals surface area contributed by atoms with Gasteiger partial charge in [-0.05, 0) is 18.6 Å². The molecule has 1 fully saturated rings. The van der Waals surface area contributed by atoms with Crippen LogP contribution < -0.4 is 5.32 Å². The molecule has 0 radical (unpaired) electrons. The summed E-state index contributed by atoms with van der Waals surface area (Å²) in [6.45, 7) is 1.92. The first kappa shape index (κ1) is 13.5. The molecule has 1 aliphatic rings. The summed E-state index contributed by atoms with van der Waals surface area (Å²) in [7, 11) is 0. The van der Waals surface area contributed by atoms with E-state index in [2.05, 4.69) is 10.3 Å². The molecule has 0 saturated carbocycles. The Bertz CT molecular complexity index is 477. The highest BCUT2D eigenvalue weighted by atomic mass is 16.5. The highest BCUT2D eigenvalue weighted by molar-refractivity contribution is 5.81. The molecule has 2 unspecified atom stereocenters. The van der Waals surface area contributed by atoms with Gasteiger partial charge in [0.25, 0.3) is 0 Å². The molecule has 2 rings (SSSR count). The first-order valence-corrected chi connectivity index (χ1v) is 6.02. The average molecular weight is 264 g/mol. The van der Waals surface area contributed by atoms with Gasteiger partial charge < -0.3 is 15.2 Å². The monoisotopic (exact) mass is 264 g/mol. The molecule has 2 N–H and O–H groups in total. The lowest BCUT2D eigenvalue weighted by Gasteiger charge is -2.25. The number of nitrogens with one attached hydrogen (secondary N) is 1. The minimum absolute atomic E-state index is 0.111. The molecule has 1 aromatic rings. The maximum absolute atomic E-state index is 11.9. The van der Waals surface area contributed by atoms with Crippen LogP contribution in [0.3, 0.4) is 0 Å². The molecule has 19 heavy (non-hydrogen) atoms. The number of pyridine rings is 1. The van der Waals surface area contributed by atoms with Crippen LogP contribution in [0.4, 0.5) is 0 Å². The lowest BCUT2D eigenvalue weighted by Crippen LogP contribution is -2.50. The summed E-state index contributed by atoms with van der Waals surface area (Å²) < 4.78 is 5.18. The molecule has 2 heterocycles. The standard InChI is InChI=1S/C13H16N2O4/c1-13(12(17)18)8-19-7-10(13)15-11(16)5-9-3-2-4-14-6-9/h2-4,6,10H,5,7-8H2,1H3,(H,15,16)(H,17,18). The molecule has 1 aromatic heterocycles. The van der Waals surface area contributed by atoms with Crippen LogP contribution in [0.5, 0.6) is 0 Å². The summed E-state index contributed by atoms with van der Waals surface area (Å²) in [6, 6.07) is 3.05. The smallest absolute Gasteiger partial charge is 0.313 e. The van der Waals surface area contributed by atoms with Crippen LogP contribution in [0.15, 0.2) is 24.5 Å². The zero-order chi connectivity index (χ0) is 13.9. The van der Waals surface area contributed by atoms with Gasteiger partial charge in [-0.15, -0.1) is 0 Å². The third-order valence-corrected chi connectivity index (χ3v) is 3.37. The van der Waals surface area contributed by atoms with Gasteiger partial charge in [0.1, 0.15) is 5.41 Å². The average Bonchev–Trinajstić information content (AvgIpc) is 2.73. The lowest BCUT2D eigenvalue weighted by molar-refractivity contribution is -0.149. The van der Waals surface area contributed by atoms with E-state index in [9.17, 15) is 14.7 Å². The molecule has 2 atom stereocenters. The van der Waals surface area contributed by atoms with E-state index in [0.717, 1.165) is 5.56 Å². The number of hydrogen-bond donors (Lipinski definition) is 2. The number of carbonyl (C=O) groups excluding carboxylic acids is 1. The number of ether oxygens (including phenoxy) is 1. The second kappa shape index (κ2) is 5.36. The van der Waals surface area contributed by atoms with E-state index in [0.29, 0.717) is 0 Å². The van der Waals surface area contributed by atoms with Gasteiger partial charge in [-0.25, -0.2) is 0 Å². The van der Waals surface area contributed by atoms with Gasteiger partial charge >= 0.3 is 5.97 Å². The van der Waals surface area contributed by atoms with Gasteiger partial charge in [-0.3, -0.25) is 14.6 Å². The second-order valence-electron chi connectivity index (χ2n) is 4.90. The minimum atomic E-state index is -1.06. The van der Waals surface area contributed by atoms with E-state index in [1.807, 2.05) is 0 Å². The zero-order valence-electron chi connectivity index (χ0n) is 10.6. The van der Waals surface area contributed by atoms with Crippen molar-refractivity contribution in [2.75, 3.05) is 13.2 Å². The molecule has 0 spiro atoms. The van der Waals surface area contributed by atoms with Crippen LogP contribution in [0.2, 0.25) is 0 Å². The number of carbonyl (C=O) groups is 2. The van der Waals surface area contributed by atoms with E-state index >= 15 is 0 Å². The summed E-state index contributed by atoms with van der Waals surface area (Å²) in [6.07, 6.45) is 3.43. The van der Waals surface area contributed by atoms with Crippen molar-refractivity contribution in [2.24, 2.45) is 5.41 Å². The topological polar surface area (TPSA) is 88.5 Å². The maximum Gasteiger partial charge on any atom is 0.313 e. The molecule has 0 bridgehead atoms. The summed E-state index contributed by atoms with van der Waals surface area (Å²) >= 11 is 0. The van der Waals surface area contributed by atoms with Gasteiger partial charge in [-0.2, -0.15) is 0 Å². The number of rotatable bonds is 4. The van der Waals surface area contributed by atoms with Crippen molar-refractivity contribution >= 4 is 11.9 Å². The number of aliphatic carboxylic acids is 1. The summed E-state index contributed by atoms with van der Waals surface area (Å²) in [5.41, 5.74) is -0.277. The molecule has 1 amide bonds. The summed E-state index contributed by atoms with van der Waals surface area (Å²) in [5.74, 6) is -1.19. The Morgan fingerprint density at radius 2 is 2.42 bits per heavy atom. The number of nitrogens with zero attached hydrogens (tertiary/aromatic N) is 1. The summed E-state index contributed by atoms with van der Waals surface area (Å²) in [5, 5.41) is 11.9. The third-order valence-electron chi connectivity index (χ3n) is 3.37. The van der Waals surface area contributed by atoms with Gasteiger partial charge in [-0.1, -0.05) is 6.07 Å². The Kier molecular flexibility index (Phi) is 3.80. The van der Waals surface area contributed by atoms with Crippen molar-refractivity contribution in [1.82, 2.24) is 10.3 Å². The van der Waals surface area contributed by atoms with Crippen LogP contribution in [-0.2, 0) is 20.7 Å². The lowest BCUT2D eigenvalue weighted by atomic mass is 9.85. The molecular weight excluding hydrogens is 248 g/mol. The normalized spacial score (nSPS) is 26.1. The van der Waals surface area contributed by atoms with Crippen LogP contribution in [-0.4, -0.2) is 41.2 Å². The van der Waals surface area contributed by atoms with Gasteiger partial charge in [0, 0.05) is 12.4 Å². The van der Waals surface area contributed by atoms with E-state index in [1.54, 1.807) is 31.5 Å². The van der Waals surface area contributed by atoms with E-state index in [1.165, 1.54) is 0 Å². The highest BCUT2D eigenvalue weighted by Crippen LogP contribution is 2.28.